The summed E-state index contributed by atoms with van der Waals surface area (Å²) in [5.74, 6) is -0.0174. The highest BCUT2D eigenvalue weighted by atomic mass is 35.5. The van der Waals surface area contributed by atoms with Gasteiger partial charge in [-0.3, -0.25) is 14.5 Å². The van der Waals surface area contributed by atoms with Crippen molar-refractivity contribution < 1.29 is 9.59 Å². The monoisotopic (exact) mass is 428 g/mol. The standard InChI is InChI=1S/C21H21ClN4O2S/c1-23-20(27)13-25-8-10-26(11-9-25)21(28)15-12-17(18-6-7-19(22)29-18)24-16-5-3-2-4-14(15)16/h2-7,12H,8-11,13H2,1H3,(H,23,27). The van der Waals surface area contributed by atoms with Gasteiger partial charge in [0.25, 0.3) is 5.91 Å². The zero-order chi connectivity index (χ0) is 20.4. The van der Waals surface area contributed by atoms with E-state index in [0.29, 0.717) is 42.6 Å². The van der Waals surface area contributed by atoms with E-state index in [2.05, 4.69) is 10.2 Å². The molecule has 1 saturated heterocycles. The highest BCUT2D eigenvalue weighted by Crippen LogP contribution is 2.32. The van der Waals surface area contributed by atoms with Crippen LogP contribution in [0.15, 0.2) is 42.5 Å². The van der Waals surface area contributed by atoms with Crippen LogP contribution in [-0.4, -0.2) is 66.4 Å². The number of thiophene rings is 1. The predicted molar refractivity (Wildman–Crippen MR) is 116 cm³/mol. The van der Waals surface area contributed by atoms with Gasteiger partial charge in [-0.1, -0.05) is 29.8 Å². The van der Waals surface area contributed by atoms with E-state index in [1.807, 2.05) is 47.4 Å². The molecule has 2 amide bonds. The van der Waals surface area contributed by atoms with Crippen LogP contribution in [0.1, 0.15) is 10.4 Å². The lowest BCUT2D eigenvalue weighted by atomic mass is 10.1. The molecule has 4 rings (SSSR count). The fraction of sp³-hybridized carbons (Fsp3) is 0.286. The number of nitrogens with zero attached hydrogens (tertiary/aromatic N) is 3. The maximum absolute atomic E-state index is 13.4. The summed E-state index contributed by atoms with van der Waals surface area (Å²) in [5, 5.41) is 3.48. The number of hydrogen-bond acceptors (Lipinski definition) is 5. The number of fused-ring (bicyclic) bond motifs is 1. The van der Waals surface area contributed by atoms with E-state index in [-0.39, 0.29) is 11.8 Å². The molecule has 1 N–H and O–H groups in total. The van der Waals surface area contributed by atoms with Crippen molar-refractivity contribution in [1.82, 2.24) is 20.1 Å². The number of benzene rings is 1. The molecule has 0 bridgehead atoms. The van der Waals surface area contributed by atoms with Gasteiger partial charge in [0.1, 0.15) is 0 Å². The van der Waals surface area contributed by atoms with Crippen LogP contribution >= 0.6 is 22.9 Å². The second-order valence-electron chi connectivity index (χ2n) is 6.92. The van der Waals surface area contributed by atoms with E-state index in [9.17, 15) is 9.59 Å². The number of nitrogens with one attached hydrogen (secondary N) is 1. The summed E-state index contributed by atoms with van der Waals surface area (Å²) in [6, 6.07) is 13.3. The second-order valence-corrected chi connectivity index (χ2v) is 8.63. The van der Waals surface area contributed by atoms with Crippen LogP contribution in [0.5, 0.6) is 0 Å². The van der Waals surface area contributed by atoms with Gasteiger partial charge >= 0.3 is 0 Å². The topological polar surface area (TPSA) is 65.5 Å². The molecule has 29 heavy (non-hydrogen) atoms. The van der Waals surface area contributed by atoms with Gasteiger partial charge in [-0.15, -0.1) is 11.3 Å². The van der Waals surface area contributed by atoms with Crippen LogP contribution in [0.3, 0.4) is 0 Å². The van der Waals surface area contributed by atoms with Gasteiger partial charge in [0.15, 0.2) is 0 Å². The minimum atomic E-state index is -0.0100. The lowest BCUT2D eigenvalue weighted by Crippen LogP contribution is -2.50. The predicted octanol–water partition coefficient (Wildman–Crippen LogP) is 3.12. The molecule has 0 spiro atoms. The summed E-state index contributed by atoms with van der Waals surface area (Å²) < 4.78 is 0.690. The SMILES string of the molecule is CNC(=O)CN1CCN(C(=O)c2cc(-c3ccc(Cl)s3)nc3ccccc23)CC1. The number of para-hydroxylation sites is 1. The maximum Gasteiger partial charge on any atom is 0.254 e. The summed E-state index contributed by atoms with van der Waals surface area (Å²) in [6.45, 7) is 2.89. The fourth-order valence-corrected chi connectivity index (χ4v) is 4.50. The number of carbonyl (C=O) groups excluding carboxylic acids is 2. The number of pyridine rings is 1. The summed E-state index contributed by atoms with van der Waals surface area (Å²) in [5.41, 5.74) is 2.19. The molecular weight excluding hydrogens is 408 g/mol. The lowest BCUT2D eigenvalue weighted by molar-refractivity contribution is -0.122. The molecule has 1 aliphatic rings. The molecule has 0 radical (unpaired) electrons. The zero-order valence-electron chi connectivity index (χ0n) is 16.0. The highest BCUT2D eigenvalue weighted by molar-refractivity contribution is 7.19. The largest absolute Gasteiger partial charge is 0.358 e. The third-order valence-corrected chi connectivity index (χ3v) is 6.33. The molecular formula is C21H21ClN4O2S. The van der Waals surface area contributed by atoms with Crippen molar-refractivity contribution >= 4 is 45.7 Å². The van der Waals surface area contributed by atoms with Crippen molar-refractivity contribution in [2.24, 2.45) is 0 Å². The number of carbonyl (C=O) groups is 2. The van der Waals surface area contributed by atoms with Crippen LogP contribution in [0.2, 0.25) is 4.34 Å². The van der Waals surface area contributed by atoms with Gasteiger partial charge in [0, 0.05) is 38.6 Å². The summed E-state index contributed by atoms with van der Waals surface area (Å²) in [6.07, 6.45) is 0. The molecule has 0 saturated carbocycles. The Bertz CT molecular complexity index is 1060. The Labute approximate surface area is 178 Å². The Morgan fingerprint density at radius 3 is 2.59 bits per heavy atom. The molecule has 3 heterocycles. The molecule has 8 heteroatoms. The Morgan fingerprint density at radius 2 is 1.90 bits per heavy atom. The van der Waals surface area contributed by atoms with Crippen molar-refractivity contribution in [3.05, 3.63) is 52.4 Å². The van der Waals surface area contributed by atoms with E-state index in [1.165, 1.54) is 11.3 Å². The summed E-state index contributed by atoms with van der Waals surface area (Å²) in [4.78, 5) is 34.5. The smallest absolute Gasteiger partial charge is 0.254 e. The zero-order valence-corrected chi connectivity index (χ0v) is 17.6. The first-order valence-electron chi connectivity index (χ1n) is 9.43. The van der Waals surface area contributed by atoms with Crippen LogP contribution in [0.25, 0.3) is 21.5 Å². The third kappa shape index (κ3) is 4.27. The Kier molecular flexibility index (Phi) is 5.80. The quantitative estimate of drug-likeness (QED) is 0.693. The van der Waals surface area contributed by atoms with E-state index >= 15 is 0 Å². The third-order valence-electron chi connectivity index (χ3n) is 5.08. The number of likely N-dealkylation sites (N-methyl/N-ethyl adjacent to an activating group) is 1. The average Bonchev–Trinajstić information content (AvgIpc) is 3.19. The van der Waals surface area contributed by atoms with Crippen molar-refractivity contribution in [2.75, 3.05) is 39.8 Å². The molecule has 6 nitrogen and oxygen atoms in total. The van der Waals surface area contributed by atoms with Crippen LogP contribution < -0.4 is 5.32 Å². The van der Waals surface area contributed by atoms with Crippen LogP contribution in [0, 0.1) is 0 Å². The van der Waals surface area contributed by atoms with Crippen LogP contribution in [0.4, 0.5) is 0 Å². The first-order valence-corrected chi connectivity index (χ1v) is 10.6. The molecule has 2 aromatic heterocycles. The number of piperazine rings is 1. The fourth-order valence-electron chi connectivity index (χ4n) is 3.49. The number of hydrogen-bond donors (Lipinski definition) is 1. The van der Waals surface area contributed by atoms with Gasteiger partial charge in [0.05, 0.1) is 32.5 Å². The minimum absolute atomic E-state index is 0.00732. The van der Waals surface area contributed by atoms with Gasteiger partial charge in [-0.05, 0) is 24.3 Å². The van der Waals surface area contributed by atoms with Gasteiger partial charge < -0.3 is 10.2 Å². The molecule has 0 unspecified atom stereocenters. The van der Waals surface area contributed by atoms with Crippen LogP contribution in [-0.2, 0) is 4.79 Å². The van der Waals surface area contributed by atoms with Gasteiger partial charge in [0.2, 0.25) is 5.91 Å². The molecule has 1 fully saturated rings. The van der Waals surface area contributed by atoms with E-state index < -0.39 is 0 Å². The van der Waals surface area contributed by atoms with Crippen molar-refractivity contribution in [3.8, 4) is 10.6 Å². The molecule has 1 aliphatic heterocycles. The van der Waals surface area contributed by atoms with Gasteiger partial charge in [-0.2, -0.15) is 0 Å². The van der Waals surface area contributed by atoms with Crippen molar-refractivity contribution in [3.63, 3.8) is 0 Å². The Hall–Kier alpha value is -2.48. The van der Waals surface area contributed by atoms with E-state index in [1.54, 1.807) is 7.05 Å². The average molecular weight is 429 g/mol. The lowest BCUT2D eigenvalue weighted by Gasteiger charge is -2.34. The summed E-state index contributed by atoms with van der Waals surface area (Å²) >= 11 is 7.54. The Balaban J connectivity index is 1.61. The molecule has 150 valence electrons. The first kappa shape index (κ1) is 19.8. The number of rotatable bonds is 4. The van der Waals surface area contributed by atoms with E-state index in [4.69, 9.17) is 16.6 Å². The van der Waals surface area contributed by atoms with Crippen molar-refractivity contribution in [2.45, 2.75) is 0 Å². The highest BCUT2D eigenvalue weighted by Gasteiger charge is 2.25. The number of aromatic nitrogens is 1. The normalized spacial score (nSPS) is 14.9. The number of amides is 2. The number of halogens is 1. The first-order chi connectivity index (χ1) is 14.0. The van der Waals surface area contributed by atoms with Crippen molar-refractivity contribution in [1.29, 1.82) is 0 Å². The Morgan fingerprint density at radius 1 is 1.14 bits per heavy atom. The van der Waals surface area contributed by atoms with Gasteiger partial charge in [-0.25, -0.2) is 4.98 Å². The molecule has 0 aliphatic carbocycles. The molecule has 1 aromatic carbocycles. The second kappa shape index (κ2) is 8.49. The molecule has 0 atom stereocenters. The maximum atomic E-state index is 13.4. The van der Waals surface area contributed by atoms with E-state index in [0.717, 1.165) is 21.5 Å². The molecule has 3 aromatic rings. The minimum Gasteiger partial charge on any atom is -0.358 e. The summed E-state index contributed by atoms with van der Waals surface area (Å²) in [7, 11) is 1.63.